The smallest absolute Gasteiger partial charge is 0.271 e. The maximum atomic E-state index is 10.8. The van der Waals surface area contributed by atoms with Gasteiger partial charge in [0.25, 0.3) is 5.69 Å². The van der Waals surface area contributed by atoms with Gasteiger partial charge in [0.1, 0.15) is 5.15 Å². The van der Waals surface area contributed by atoms with Crippen molar-refractivity contribution in [2.75, 3.05) is 0 Å². The van der Waals surface area contributed by atoms with E-state index in [1.807, 2.05) is 13.8 Å². The third-order valence-electron chi connectivity index (χ3n) is 2.94. The van der Waals surface area contributed by atoms with Gasteiger partial charge in [-0.15, -0.1) is 0 Å². The quantitative estimate of drug-likeness (QED) is 0.694. The minimum atomic E-state index is -0.475. The fourth-order valence-electron chi connectivity index (χ4n) is 1.97. The van der Waals surface area contributed by atoms with Gasteiger partial charge in [0.15, 0.2) is 0 Å². The van der Waals surface area contributed by atoms with Gasteiger partial charge in [-0.1, -0.05) is 31.5 Å². The largest absolute Gasteiger partial charge is 0.391 e. The molecule has 1 aromatic heterocycles. The van der Waals surface area contributed by atoms with Crippen LogP contribution in [-0.2, 0) is 6.61 Å². The molecular weight excluding hydrogens is 282 g/mol. The average molecular weight is 296 g/mol. The number of hydrogen-bond donors (Lipinski definition) is 1. The molecule has 0 aliphatic heterocycles. The van der Waals surface area contributed by atoms with Crippen molar-refractivity contribution in [1.82, 2.24) is 9.78 Å². The van der Waals surface area contributed by atoms with Crippen LogP contribution in [0.3, 0.4) is 0 Å². The van der Waals surface area contributed by atoms with Crippen molar-refractivity contribution in [3.8, 4) is 5.69 Å². The zero-order valence-electron chi connectivity index (χ0n) is 11.1. The highest BCUT2D eigenvalue weighted by Gasteiger charge is 2.19. The molecule has 0 saturated carbocycles. The Morgan fingerprint density at radius 3 is 2.70 bits per heavy atom. The lowest BCUT2D eigenvalue weighted by Gasteiger charge is -2.03. The molecule has 1 aromatic carbocycles. The van der Waals surface area contributed by atoms with Crippen LogP contribution in [0.2, 0.25) is 5.15 Å². The topological polar surface area (TPSA) is 81.2 Å². The summed E-state index contributed by atoms with van der Waals surface area (Å²) in [6, 6.07) is 6.04. The molecule has 0 spiro atoms. The van der Waals surface area contributed by atoms with Crippen LogP contribution in [0.4, 0.5) is 5.69 Å². The second-order valence-corrected chi connectivity index (χ2v) is 5.01. The van der Waals surface area contributed by atoms with Crippen LogP contribution in [0.1, 0.15) is 31.0 Å². The van der Waals surface area contributed by atoms with Gasteiger partial charge in [-0.2, -0.15) is 5.10 Å². The Morgan fingerprint density at radius 2 is 2.20 bits per heavy atom. The van der Waals surface area contributed by atoms with E-state index >= 15 is 0 Å². The summed E-state index contributed by atoms with van der Waals surface area (Å²) in [5.74, 6) is 0.0922. The first-order valence-corrected chi connectivity index (χ1v) is 6.46. The summed E-state index contributed by atoms with van der Waals surface area (Å²) in [6.07, 6.45) is 0. The Bertz CT molecular complexity index is 652. The zero-order valence-corrected chi connectivity index (χ0v) is 11.8. The minimum absolute atomic E-state index is 0.0364. The lowest BCUT2D eigenvalue weighted by atomic mass is 10.1. The molecule has 0 saturated heterocycles. The molecule has 1 heterocycles. The van der Waals surface area contributed by atoms with Crippen molar-refractivity contribution in [3.63, 3.8) is 0 Å². The fourth-order valence-corrected chi connectivity index (χ4v) is 2.26. The fraction of sp³-hybridized carbons (Fsp3) is 0.308. The van der Waals surface area contributed by atoms with E-state index in [2.05, 4.69) is 5.10 Å². The second-order valence-electron chi connectivity index (χ2n) is 4.66. The van der Waals surface area contributed by atoms with E-state index in [4.69, 9.17) is 11.6 Å². The minimum Gasteiger partial charge on any atom is -0.391 e. The lowest BCUT2D eigenvalue weighted by molar-refractivity contribution is -0.384. The van der Waals surface area contributed by atoms with Crippen molar-refractivity contribution in [2.24, 2.45) is 0 Å². The van der Waals surface area contributed by atoms with Crippen molar-refractivity contribution in [2.45, 2.75) is 26.4 Å². The first kappa shape index (κ1) is 14.5. The molecule has 2 rings (SSSR count). The molecule has 0 radical (unpaired) electrons. The van der Waals surface area contributed by atoms with E-state index in [9.17, 15) is 15.2 Å². The number of nitro groups is 1. The number of non-ortho nitro benzene ring substituents is 1. The van der Waals surface area contributed by atoms with Gasteiger partial charge in [-0.05, 0) is 12.0 Å². The predicted molar refractivity (Wildman–Crippen MR) is 75.2 cm³/mol. The molecule has 0 bridgehead atoms. The van der Waals surface area contributed by atoms with Crippen molar-refractivity contribution in [1.29, 1.82) is 0 Å². The van der Waals surface area contributed by atoms with Crippen LogP contribution in [0, 0.1) is 10.1 Å². The number of aliphatic hydroxyl groups is 1. The molecule has 0 amide bonds. The number of benzene rings is 1. The maximum absolute atomic E-state index is 10.8. The van der Waals surface area contributed by atoms with Crippen LogP contribution >= 0.6 is 11.6 Å². The number of nitrogens with zero attached hydrogens (tertiary/aromatic N) is 3. The standard InChI is InChI=1S/C13H14ClN3O3/c1-8(2)12-11(7-18)13(14)16(15-12)9-4-3-5-10(6-9)17(19)20/h3-6,8,18H,7H2,1-2H3. The van der Waals surface area contributed by atoms with Crippen molar-refractivity contribution < 1.29 is 10.0 Å². The number of nitro benzene ring substituents is 1. The van der Waals surface area contributed by atoms with Gasteiger partial charge in [-0.25, -0.2) is 4.68 Å². The molecule has 0 atom stereocenters. The molecule has 7 heteroatoms. The Kier molecular flexibility index (Phi) is 4.06. The second kappa shape index (κ2) is 5.60. The summed E-state index contributed by atoms with van der Waals surface area (Å²) in [7, 11) is 0. The van der Waals surface area contributed by atoms with Gasteiger partial charge in [-0.3, -0.25) is 10.1 Å². The third kappa shape index (κ3) is 2.52. The predicted octanol–water partition coefficient (Wildman–Crippen LogP) is 3.05. The summed E-state index contributed by atoms with van der Waals surface area (Å²) in [4.78, 5) is 10.3. The highest BCUT2D eigenvalue weighted by molar-refractivity contribution is 6.30. The van der Waals surface area contributed by atoms with Crippen molar-refractivity contribution >= 4 is 17.3 Å². The van der Waals surface area contributed by atoms with Gasteiger partial charge < -0.3 is 5.11 Å². The van der Waals surface area contributed by atoms with Crippen LogP contribution in [-0.4, -0.2) is 19.8 Å². The van der Waals surface area contributed by atoms with Crippen LogP contribution in [0.5, 0.6) is 0 Å². The Balaban J connectivity index is 2.58. The molecule has 0 unspecified atom stereocenters. The normalized spacial score (nSPS) is 11.1. The summed E-state index contributed by atoms with van der Waals surface area (Å²) in [6.45, 7) is 3.66. The summed E-state index contributed by atoms with van der Waals surface area (Å²) >= 11 is 6.21. The Labute approximate surface area is 120 Å². The van der Waals surface area contributed by atoms with E-state index in [-0.39, 0.29) is 23.4 Å². The Hall–Kier alpha value is -1.92. The summed E-state index contributed by atoms with van der Waals surface area (Å²) in [5.41, 5.74) is 1.69. The van der Waals surface area contributed by atoms with E-state index in [1.54, 1.807) is 12.1 Å². The van der Waals surface area contributed by atoms with E-state index in [0.29, 0.717) is 16.9 Å². The van der Waals surface area contributed by atoms with Crippen LogP contribution in [0.15, 0.2) is 24.3 Å². The summed E-state index contributed by atoms with van der Waals surface area (Å²) < 4.78 is 1.41. The van der Waals surface area contributed by atoms with Crippen molar-refractivity contribution in [3.05, 3.63) is 50.8 Å². The maximum Gasteiger partial charge on any atom is 0.271 e. The SMILES string of the molecule is CC(C)c1nn(-c2cccc([N+](=O)[O-])c2)c(Cl)c1CO. The van der Waals surface area contributed by atoms with Crippen LogP contribution < -0.4 is 0 Å². The van der Waals surface area contributed by atoms with Gasteiger partial charge in [0.05, 0.1) is 22.9 Å². The first-order valence-electron chi connectivity index (χ1n) is 6.08. The lowest BCUT2D eigenvalue weighted by Crippen LogP contribution is -1.99. The number of rotatable bonds is 4. The highest BCUT2D eigenvalue weighted by atomic mass is 35.5. The van der Waals surface area contributed by atoms with Gasteiger partial charge in [0.2, 0.25) is 0 Å². The molecule has 20 heavy (non-hydrogen) atoms. The van der Waals surface area contributed by atoms with Crippen LogP contribution in [0.25, 0.3) is 5.69 Å². The number of aliphatic hydroxyl groups excluding tert-OH is 1. The van der Waals surface area contributed by atoms with Gasteiger partial charge >= 0.3 is 0 Å². The average Bonchev–Trinajstić information content (AvgIpc) is 2.76. The van der Waals surface area contributed by atoms with E-state index in [0.717, 1.165) is 0 Å². The molecule has 0 aliphatic carbocycles. The number of halogens is 1. The molecular formula is C13H14ClN3O3. The molecule has 2 aromatic rings. The molecule has 6 nitrogen and oxygen atoms in total. The highest BCUT2D eigenvalue weighted by Crippen LogP contribution is 2.29. The number of hydrogen-bond acceptors (Lipinski definition) is 4. The van der Waals surface area contributed by atoms with E-state index < -0.39 is 4.92 Å². The van der Waals surface area contributed by atoms with Gasteiger partial charge in [0, 0.05) is 17.7 Å². The molecule has 0 fully saturated rings. The van der Waals surface area contributed by atoms with E-state index in [1.165, 1.54) is 16.8 Å². The monoisotopic (exact) mass is 295 g/mol. The Morgan fingerprint density at radius 1 is 1.50 bits per heavy atom. The third-order valence-corrected chi connectivity index (χ3v) is 3.33. The molecule has 106 valence electrons. The first-order chi connectivity index (χ1) is 9.45. The molecule has 1 N–H and O–H groups in total. The number of aromatic nitrogens is 2. The zero-order chi connectivity index (χ0) is 14.9. The summed E-state index contributed by atoms with van der Waals surface area (Å²) in [5, 5.41) is 24.8. The molecule has 0 aliphatic rings.